The number of imide groups is 1. The largest absolute Gasteiger partial charge is 0.363 e. The second kappa shape index (κ2) is 8.46. The molecule has 0 bridgehead atoms. The summed E-state index contributed by atoms with van der Waals surface area (Å²) in [5.74, 6) is -1.16. The van der Waals surface area contributed by atoms with Gasteiger partial charge in [-0.05, 0) is 28.8 Å². The highest BCUT2D eigenvalue weighted by molar-refractivity contribution is 6.36. The van der Waals surface area contributed by atoms with E-state index in [0.29, 0.717) is 5.56 Å². The standard InChI is InChI=1S/C25H19N3O2/c1-26-23-22(24(29)27-25(23)30)20-12-14-21(15-13-20)28(16-18-8-4-2-5-9-18)17-19-10-6-3-7-11-19/h2-15H,16-17H2,(H,27,29,30). The number of anilines is 1. The molecule has 0 saturated carbocycles. The number of amides is 2. The van der Waals surface area contributed by atoms with Crippen LogP contribution < -0.4 is 10.2 Å². The number of hydrogen-bond acceptors (Lipinski definition) is 3. The molecular weight excluding hydrogens is 374 g/mol. The van der Waals surface area contributed by atoms with Gasteiger partial charge in [-0.2, -0.15) is 0 Å². The number of carbonyl (C=O) groups is 2. The first kappa shape index (κ1) is 19.2. The molecule has 0 aliphatic carbocycles. The maximum atomic E-state index is 12.1. The summed E-state index contributed by atoms with van der Waals surface area (Å²) in [7, 11) is 0. The lowest BCUT2D eigenvalue weighted by Crippen LogP contribution is -2.23. The predicted molar refractivity (Wildman–Crippen MR) is 116 cm³/mol. The van der Waals surface area contributed by atoms with Crippen molar-refractivity contribution in [1.82, 2.24) is 5.32 Å². The molecule has 1 heterocycles. The van der Waals surface area contributed by atoms with Crippen LogP contribution in [0, 0.1) is 6.57 Å². The van der Waals surface area contributed by atoms with E-state index in [9.17, 15) is 9.59 Å². The lowest BCUT2D eigenvalue weighted by atomic mass is 10.0. The van der Waals surface area contributed by atoms with Gasteiger partial charge in [0, 0.05) is 18.8 Å². The normalized spacial score (nSPS) is 13.2. The van der Waals surface area contributed by atoms with Crippen molar-refractivity contribution in [3.8, 4) is 0 Å². The molecule has 0 saturated heterocycles. The first-order valence-electron chi connectivity index (χ1n) is 9.56. The first-order valence-corrected chi connectivity index (χ1v) is 9.56. The zero-order valence-electron chi connectivity index (χ0n) is 16.2. The first-order chi connectivity index (χ1) is 14.7. The molecule has 30 heavy (non-hydrogen) atoms. The number of hydrogen-bond donors (Lipinski definition) is 1. The van der Waals surface area contributed by atoms with E-state index < -0.39 is 11.8 Å². The maximum Gasteiger partial charge on any atom is 0.263 e. The van der Waals surface area contributed by atoms with Crippen molar-refractivity contribution in [3.05, 3.63) is 119 Å². The molecule has 0 unspecified atom stereocenters. The Hall–Kier alpha value is -4.17. The second-order valence-corrected chi connectivity index (χ2v) is 6.99. The van der Waals surface area contributed by atoms with Crippen LogP contribution in [0.2, 0.25) is 0 Å². The van der Waals surface area contributed by atoms with Gasteiger partial charge in [0.1, 0.15) is 0 Å². The number of benzene rings is 3. The van der Waals surface area contributed by atoms with E-state index in [0.717, 1.165) is 18.8 Å². The monoisotopic (exact) mass is 393 g/mol. The van der Waals surface area contributed by atoms with Crippen LogP contribution in [0.3, 0.4) is 0 Å². The lowest BCUT2D eigenvalue weighted by Gasteiger charge is -2.25. The zero-order chi connectivity index (χ0) is 20.9. The predicted octanol–water partition coefficient (Wildman–Crippen LogP) is 4.18. The molecule has 3 aromatic rings. The van der Waals surface area contributed by atoms with Crippen LogP contribution in [0.25, 0.3) is 10.4 Å². The number of nitrogens with one attached hydrogen (secondary N) is 1. The molecule has 0 radical (unpaired) electrons. The van der Waals surface area contributed by atoms with Crippen LogP contribution in [0.1, 0.15) is 16.7 Å². The second-order valence-electron chi connectivity index (χ2n) is 6.99. The van der Waals surface area contributed by atoms with E-state index in [2.05, 4.69) is 39.3 Å². The molecule has 1 aliphatic rings. The van der Waals surface area contributed by atoms with Gasteiger partial charge in [-0.25, -0.2) is 4.85 Å². The van der Waals surface area contributed by atoms with Crippen LogP contribution in [-0.4, -0.2) is 11.8 Å². The third-order valence-electron chi connectivity index (χ3n) is 4.97. The molecule has 5 nitrogen and oxygen atoms in total. The number of carbonyl (C=O) groups excluding carboxylic acids is 2. The van der Waals surface area contributed by atoms with Crippen molar-refractivity contribution in [1.29, 1.82) is 0 Å². The fourth-order valence-corrected chi connectivity index (χ4v) is 3.51. The lowest BCUT2D eigenvalue weighted by molar-refractivity contribution is -0.123. The Morgan fingerprint density at radius 2 is 1.27 bits per heavy atom. The van der Waals surface area contributed by atoms with Crippen molar-refractivity contribution < 1.29 is 9.59 Å². The van der Waals surface area contributed by atoms with Gasteiger partial charge in [0.15, 0.2) is 0 Å². The summed E-state index contributed by atoms with van der Waals surface area (Å²) in [6.45, 7) is 8.66. The van der Waals surface area contributed by atoms with E-state index in [1.807, 2.05) is 48.5 Å². The summed E-state index contributed by atoms with van der Waals surface area (Å²) >= 11 is 0. The van der Waals surface area contributed by atoms with Gasteiger partial charge < -0.3 is 4.90 Å². The van der Waals surface area contributed by atoms with Gasteiger partial charge in [0.25, 0.3) is 11.6 Å². The molecule has 0 spiro atoms. The highest BCUT2D eigenvalue weighted by atomic mass is 16.2. The molecule has 5 heteroatoms. The molecule has 1 N–H and O–H groups in total. The Morgan fingerprint density at radius 1 is 0.733 bits per heavy atom. The van der Waals surface area contributed by atoms with Crippen LogP contribution in [0.5, 0.6) is 0 Å². The van der Waals surface area contributed by atoms with Gasteiger partial charge in [0.05, 0.1) is 12.1 Å². The molecule has 2 amide bonds. The van der Waals surface area contributed by atoms with Crippen LogP contribution >= 0.6 is 0 Å². The van der Waals surface area contributed by atoms with E-state index in [-0.39, 0.29) is 11.3 Å². The Bertz CT molecular complexity index is 1100. The summed E-state index contributed by atoms with van der Waals surface area (Å²) in [6.07, 6.45) is 0. The van der Waals surface area contributed by atoms with Crippen LogP contribution in [-0.2, 0) is 22.7 Å². The summed E-state index contributed by atoms with van der Waals surface area (Å²) < 4.78 is 0. The van der Waals surface area contributed by atoms with E-state index in [1.165, 1.54) is 11.1 Å². The average Bonchev–Trinajstić information content (AvgIpc) is 3.07. The Labute approximate surface area is 175 Å². The average molecular weight is 393 g/mol. The van der Waals surface area contributed by atoms with Crippen molar-refractivity contribution in [2.75, 3.05) is 4.90 Å². The fraction of sp³-hybridized carbons (Fsp3) is 0.0800. The number of rotatable bonds is 6. The number of nitrogens with zero attached hydrogens (tertiary/aromatic N) is 2. The van der Waals surface area contributed by atoms with E-state index in [4.69, 9.17) is 6.57 Å². The van der Waals surface area contributed by atoms with Crippen LogP contribution in [0.15, 0.2) is 90.6 Å². The van der Waals surface area contributed by atoms with Gasteiger partial charge in [-0.1, -0.05) is 72.8 Å². The quantitative estimate of drug-likeness (QED) is 0.505. The van der Waals surface area contributed by atoms with E-state index in [1.54, 1.807) is 12.1 Å². The Kier molecular flexibility index (Phi) is 5.40. The minimum Gasteiger partial charge on any atom is -0.363 e. The smallest absolute Gasteiger partial charge is 0.263 e. The topological polar surface area (TPSA) is 53.8 Å². The molecule has 146 valence electrons. The van der Waals surface area contributed by atoms with Crippen molar-refractivity contribution in [2.45, 2.75) is 13.1 Å². The summed E-state index contributed by atoms with van der Waals surface area (Å²) in [5.41, 5.74) is 3.92. The summed E-state index contributed by atoms with van der Waals surface area (Å²) in [5, 5.41) is 2.19. The van der Waals surface area contributed by atoms with Crippen molar-refractivity contribution in [2.24, 2.45) is 0 Å². The molecule has 4 rings (SSSR count). The third kappa shape index (κ3) is 3.98. The van der Waals surface area contributed by atoms with E-state index >= 15 is 0 Å². The third-order valence-corrected chi connectivity index (χ3v) is 4.97. The van der Waals surface area contributed by atoms with Gasteiger partial charge in [-0.3, -0.25) is 14.9 Å². The molecule has 0 fully saturated rings. The molecule has 0 atom stereocenters. The highest BCUT2D eigenvalue weighted by Crippen LogP contribution is 2.28. The maximum absolute atomic E-state index is 12.1. The van der Waals surface area contributed by atoms with Gasteiger partial charge in [-0.15, -0.1) is 0 Å². The molecule has 3 aromatic carbocycles. The fourth-order valence-electron chi connectivity index (χ4n) is 3.51. The van der Waals surface area contributed by atoms with Crippen LogP contribution in [0.4, 0.5) is 5.69 Å². The molecule has 1 aliphatic heterocycles. The highest BCUT2D eigenvalue weighted by Gasteiger charge is 2.31. The van der Waals surface area contributed by atoms with Crippen molar-refractivity contribution in [3.63, 3.8) is 0 Å². The summed E-state index contributed by atoms with van der Waals surface area (Å²) in [4.78, 5) is 29.4. The minimum atomic E-state index is -0.635. The van der Waals surface area contributed by atoms with Gasteiger partial charge >= 0.3 is 0 Å². The molecular formula is C25H19N3O2. The Morgan fingerprint density at radius 3 is 1.77 bits per heavy atom. The van der Waals surface area contributed by atoms with Gasteiger partial charge in [0.2, 0.25) is 5.91 Å². The Balaban J connectivity index is 1.65. The summed E-state index contributed by atoms with van der Waals surface area (Å²) in [6, 6.07) is 27.9. The zero-order valence-corrected chi connectivity index (χ0v) is 16.2. The molecule has 0 aromatic heterocycles. The van der Waals surface area contributed by atoms with Crippen molar-refractivity contribution >= 4 is 23.1 Å². The SMILES string of the molecule is [C-]#[N+]C1=C(c2ccc(N(Cc3ccccc3)Cc3ccccc3)cc2)C(=O)NC1=O. The minimum absolute atomic E-state index is 0.138.